The highest BCUT2D eigenvalue weighted by molar-refractivity contribution is 5.93. The van der Waals surface area contributed by atoms with Gasteiger partial charge in [0.25, 0.3) is 11.8 Å². The minimum Gasteiger partial charge on any atom is -0.491 e. The zero-order valence-corrected chi connectivity index (χ0v) is 21.0. The second-order valence-corrected chi connectivity index (χ2v) is 9.41. The summed E-state index contributed by atoms with van der Waals surface area (Å²) >= 11 is 0. The number of benzene rings is 1. The van der Waals surface area contributed by atoms with Crippen molar-refractivity contribution in [2.75, 3.05) is 39.4 Å². The van der Waals surface area contributed by atoms with Crippen molar-refractivity contribution in [1.82, 2.24) is 15.0 Å². The number of morpholine rings is 1. The molecule has 2 amide bonds. The molecule has 1 atom stereocenters. The Balaban J connectivity index is 1.57. The van der Waals surface area contributed by atoms with Gasteiger partial charge in [-0.25, -0.2) is 0 Å². The number of amides is 2. The van der Waals surface area contributed by atoms with Gasteiger partial charge in [0, 0.05) is 19.2 Å². The predicted octanol–water partition coefficient (Wildman–Crippen LogP) is 3.88. The van der Waals surface area contributed by atoms with Gasteiger partial charge in [0.1, 0.15) is 12.4 Å². The van der Waals surface area contributed by atoms with E-state index in [1.54, 1.807) is 11.0 Å². The fourth-order valence-electron chi connectivity index (χ4n) is 4.88. The van der Waals surface area contributed by atoms with Gasteiger partial charge in [0.15, 0.2) is 5.60 Å². The van der Waals surface area contributed by atoms with Gasteiger partial charge in [-0.2, -0.15) is 0 Å². The van der Waals surface area contributed by atoms with Crippen LogP contribution < -0.4 is 4.74 Å². The summed E-state index contributed by atoms with van der Waals surface area (Å²) in [7, 11) is 0. The molecule has 1 unspecified atom stereocenters. The van der Waals surface area contributed by atoms with Crippen molar-refractivity contribution in [3.63, 3.8) is 0 Å². The molecule has 0 bridgehead atoms. The molecule has 8 heteroatoms. The van der Waals surface area contributed by atoms with Gasteiger partial charge in [0.05, 0.1) is 25.4 Å². The molecule has 0 aliphatic carbocycles. The van der Waals surface area contributed by atoms with Crippen LogP contribution in [-0.2, 0) is 22.4 Å². The standard InChI is InChI=1S/C27H37N3O5/c1-3-5-14-29-15-17-33-23-12-7-6-10-21(23)11-8-9-13-27(26(29)32)20-30(16-18-34-27)25(31)24-19-22(4-2)28-35-24/h6-7,10,12,19H,3-5,8-9,11,13-18,20H2,1-2H3. The second-order valence-electron chi connectivity index (χ2n) is 9.41. The molecule has 1 aromatic carbocycles. The van der Waals surface area contributed by atoms with Crippen LogP contribution in [0.3, 0.4) is 0 Å². The first kappa shape index (κ1) is 25.2. The van der Waals surface area contributed by atoms with Crippen LogP contribution in [0.5, 0.6) is 5.75 Å². The molecule has 2 aliphatic rings. The van der Waals surface area contributed by atoms with Crippen molar-refractivity contribution in [3.8, 4) is 5.75 Å². The number of hydrogen-bond donors (Lipinski definition) is 0. The first-order valence-electron chi connectivity index (χ1n) is 12.9. The topological polar surface area (TPSA) is 85.1 Å². The van der Waals surface area contributed by atoms with Crippen molar-refractivity contribution in [2.24, 2.45) is 0 Å². The summed E-state index contributed by atoms with van der Waals surface area (Å²) in [6.45, 7) is 6.56. The van der Waals surface area contributed by atoms with Gasteiger partial charge in [-0.3, -0.25) is 9.59 Å². The summed E-state index contributed by atoms with van der Waals surface area (Å²) in [5.41, 5.74) is 0.866. The molecule has 2 aromatic rings. The van der Waals surface area contributed by atoms with Crippen molar-refractivity contribution in [2.45, 2.75) is 64.4 Å². The number of rotatable bonds is 5. The van der Waals surface area contributed by atoms with E-state index >= 15 is 0 Å². The van der Waals surface area contributed by atoms with Crippen LogP contribution >= 0.6 is 0 Å². The highest BCUT2D eigenvalue weighted by Crippen LogP contribution is 2.30. The van der Waals surface area contributed by atoms with E-state index in [0.29, 0.717) is 45.7 Å². The average molecular weight is 484 g/mol. The molecule has 0 N–H and O–H groups in total. The van der Waals surface area contributed by atoms with Gasteiger partial charge in [-0.1, -0.05) is 43.6 Å². The van der Waals surface area contributed by atoms with Gasteiger partial charge >= 0.3 is 0 Å². The average Bonchev–Trinajstić information content (AvgIpc) is 3.37. The summed E-state index contributed by atoms with van der Waals surface area (Å²) in [5.74, 6) is 0.825. The van der Waals surface area contributed by atoms with Crippen LogP contribution in [-0.4, -0.2) is 71.8 Å². The number of nitrogens with zero attached hydrogens (tertiary/aromatic N) is 3. The SMILES string of the molecule is CCCCN1CCOc2ccccc2CCCCC2(CN(C(=O)c3cc(CC)no3)CCO2)C1=O. The molecule has 8 nitrogen and oxygen atoms in total. The van der Waals surface area contributed by atoms with E-state index in [1.807, 2.05) is 30.0 Å². The van der Waals surface area contributed by atoms with Crippen LogP contribution in [0.15, 0.2) is 34.9 Å². The van der Waals surface area contributed by atoms with E-state index in [2.05, 4.69) is 18.1 Å². The Kier molecular flexibility index (Phi) is 8.44. The van der Waals surface area contributed by atoms with Crippen LogP contribution in [0.4, 0.5) is 0 Å². The lowest BCUT2D eigenvalue weighted by Gasteiger charge is -2.44. The fraction of sp³-hybridized carbons (Fsp3) is 0.593. The third-order valence-electron chi connectivity index (χ3n) is 6.93. The highest BCUT2D eigenvalue weighted by atomic mass is 16.5. The van der Waals surface area contributed by atoms with Crippen molar-refractivity contribution in [3.05, 3.63) is 47.3 Å². The summed E-state index contributed by atoms with van der Waals surface area (Å²) < 4.78 is 17.7. The van der Waals surface area contributed by atoms with E-state index in [0.717, 1.165) is 43.5 Å². The first-order valence-corrected chi connectivity index (χ1v) is 12.9. The van der Waals surface area contributed by atoms with E-state index < -0.39 is 5.60 Å². The summed E-state index contributed by atoms with van der Waals surface area (Å²) in [6.07, 6.45) is 5.74. The van der Waals surface area contributed by atoms with Gasteiger partial charge < -0.3 is 23.8 Å². The number of carbonyl (C=O) groups excluding carboxylic acids is 2. The monoisotopic (exact) mass is 483 g/mol. The normalized spacial score (nSPS) is 21.7. The number of carbonyl (C=O) groups is 2. The number of aryl methyl sites for hydroxylation is 2. The molecule has 35 heavy (non-hydrogen) atoms. The van der Waals surface area contributed by atoms with Crippen molar-refractivity contribution in [1.29, 1.82) is 0 Å². The molecule has 190 valence electrons. The lowest BCUT2D eigenvalue weighted by molar-refractivity contribution is -0.170. The van der Waals surface area contributed by atoms with Crippen molar-refractivity contribution >= 4 is 11.8 Å². The molecule has 2 aliphatic heterocycles. The van der Waals surface area contributed by atoms with Crippen LogP contribution in [0, 0.1) is 0 Å². The highest BCUT2D eigenvalue weighted by Gasteiger charge is 2.47. The summed E-state index contributed by atoms with van der Waals surface area (Å²) in [4.78, 5) is 30.8. The maximum Gasteiger partial charge on any atom is 0.292 e. The Morgan fingerprint density at radius 2 is 2.00 bits per heavy atom. The van der Waals surface area contributed by atoms with Crippen LogP contribution in [0.1, 0.15) is 67.8 Å². The fourth-order valence-corrected chi connectivity index (χ4v) is 4.88. The van der Waals surface area contributed by atoms with E-state index in [1.165, 1.54) is 5.56 Å². The number of para-hydroxylation sites is 1. The Labute approximate surface area is 207 Å². The molecule has 4 rings (SSSR count). The Bertz CT molecular complexity index is 1010. The van der Waals surface area contributed by atoms with Crippen molar-refractivity contribution < 1.29 is 23.6 Å². The third kappa shape index (κ3) is 5.86. The van der Waals surface area contributed by atoms with Crippen LogP contribution in [0.25, 0.3) is 0 Å². The zero-order chi connectivity index (χ0) is 24.7. The third-order valence-corrected chi connectivity index (χ3v) is 6.93. The lowest BCUT2D eigenvalue weighted by atomic mass is 9.90. The molecular weight excluding hydrogens is 446 g/mol. The largest absolute Gasteiger partial charge is 0.491 e. The number of unbranched alkanes of at least 4 members (excludes halogenated alkanes) is 1. The van der Waals surface area contributed by atoms with E-state index in [-0.39, 0.29) is 24.1 Å². The van der Waals surface area contributed by atoms with Gasteiger partial charge in [-0.05, 0) is 50.2 Å². The molecule has 0 saturated carbocycles. The maximum absolute atomic E-state index is 14.0. The molecule has 1 fully saturated rings. The minimum atomic E-state index is -1.06. The molecule has 1 saturated heterocycles. The maximum atomic E-state index is 14.0. The van der Waals surface area contributed by atoms with Gasteiger partial charge in [0.2, 0.25) is 5.76 Å². The smallest absolute Gasteiger partial charge is 0.292 e. The predicted molar refractivity (Wildman–Crippen MR) is 131 cm³/mol. The lowest BCUT2D eigenvalue weighted by Crippen LogP contribution is -2.62. The molecule has 1 spiro atoms. The molecular formula is C27H37N3O5. The number of ether oxygens (including phenoxy) is 2. The van der Waals surface area contributed by atoms with E-state index in [9.17, 15) is 9.59 Å². The molecule has 0 radical (unpaired) electrons. The van der Waals surface area contributed by atoms with Crippen LogP contribution in [0.2, 0.25) is 0 Å². The second kappa shape index (κ2) is 11.7. The number of fused-ring (bicyclic) bond motifs is 1. The molecule has 3 heterocycles. The zero-order valence-electron chi connectivity index (χ0n) is 21.0. The molecule has 1 aromatic heterocycles. The quantitative estimate of drug-likeness (QED) is 0.642. The Morgan fingerprint density at radius 1 is 1.14 bits per heavy atom. The Hall–Kier alpha value is -2.87. The number of aromatic nitrogens is 1. The minimum absolute atomic E-state index is 0.0484. The van der Waals surface area contributed by atoms with Gasteiger partial charge in [-0.15, -0.1) is 0 Å². The first-order chi connectivity index (χ1) is 17.1. The number of hydrogen-bond acceptors (Lipinski definition) is 6. The summed E-state index contributed by atoms with van der Waals surface area (Å²) in [6, 6.07) is 9.82. The Morgan fingerprint density at radius 3 is 2.80 bits per heavy atom. The van der Waals surface area contributed by atoms with E-state index in [4.69, 9.17) is 14.0 Å². The summed E-state index contributed by atoms with van der Waals surface area (Å²) in [5, 5.41) is 3.96.